The molecule has 1 N–H and O–H groups in total. The Labute approximate surface area is 104 Å². The van der Waals surface area contributed by atoms with Crippen LogP contribution in [0.4, 0.5) is 0 Å². The van der Waals surface area contributed by atoms with Crippen LogP contribution in [0.2, 0.25) is 0 Å². The molecule has 1 aromatic carbocycles. The first-order valence-electron chi connectivity index (χ1n) is 4.96. The number of rotatable bonds is 6. The molecule has 0 radical (unpaired) electrons. The Bertz CT molecular complexity index is 297. The SMILES string of the molecule is C=CCNCC(C)Sc1ccc(Br)cc1. The number of thioether (sulfide) groups is 1. The quantitative estimate of drug-likeness (QED) is 0.486. The van der Waals surface area contributed by atoms with Crippen molar-refractivity contribution in [1.82, 2.24) is 5.32 Å². The predicted molar refractivity (Wildman–Crippen MR) is 72.5 cm³/mol. The third-order valence-electron chi connectivity index (χ3n) is 1.87. The van der Waals surface area contributed by atoms with Crippen LogP contribution in [0.1, 0.15) is 6.92 Å². The molecule has 0 heterocycles. The molecule has 0 bridgehead atoms. The summed E-state index contributed by atoms with van der Waals surface area (Å²) >= 11 is 5.32. The van der Waals surface area contributed by atoms with Crippen molar-refractivity contribution < 1.29 is 0 Å². The van der Waals surface area contributed by atoms with Gasteiger partial charge in [-0.25, -0.2) is 0 Å². The van der Waals surface area contributed by atoms with Gasteiger partial charge >= 0.3 is 0 Å². The van der Waals surface area contributed by atoms with Crippen LogP contribution in [0.15, 0.2) is 46.3 Å². The van der Waals surface area contributed by atoms with E-state index in [0.29, 0.717) is 5.25 Å². The Morgan fingerprint density at radius 3 is 2.73 bits per heavy atom. The molecular formula is C12H16BrNS. The van der Waals surface area contributed by atoms with Crippen LogP contribution in [0.5, 0.6) is 0 Å². The summed E-state index contributed by atoms with van der Waals surface area (Å²) in [6.07, 6.45) is 1.89. The van der Waals surface area contributed by atoms with E-state index >= 15 is 0 Å². The maximum atomic E-state index is 3.68. The molecule has 0 fully saturated rings. The lowest BCUT2D eigenvalue weighted by Crippen LogP contribution is -2.22. The zero-order chi connectivity index (χ0) is 11.1. The first-order chi connectivity index (χ1) is 7.22. The highest BCUT2D eigenvalue weighted by Crippen LogP contribution is 2.24. The van der Waals surface area contributed by atoms with Gasteiger partial charge in [0, 0.05) is 27.7 Å². The van der Waals surface area contributed by atoms with E-state index in [4.69, 9.17) is 0 Å². The van der Waals surface area contributed by atoms with Crippen molar-refractivity contribution in [3.63, 3.8) is 0 Å². The highest BCUT2D eigenvalue weighted by atomic mass is 79.9. The Morgan fingerprint density at radius 1 is 1.47 bits per heavy atom. The summed E-state index contributed by atoms with van der Waals surface area (Å²) in [5, 5.41) is 3.89. The maximum absolute atomic E-state index is 3.68. The molecule has 0 amide bonds. The lowest BCUT2D eigenvalue weighted by atomic mass is 10.4. The summed E-state index contributed by atoms with van der Waals surface area (Å²) in [6, 6.07) is 8.43. The van der Waals surface area contributed by atoms with Gasteiger partial charge in [0.2, 0.25) is 0 Å². The highest BCUT2D eigenvalue weighted by molar-refractivity contribution is 9.10. The fourth-order valence-corrected chi connectivity index (χ4v) is 2.40. The predicted octanol–water partition coefficient (Wildman–Crippen LogP) is 3.71. The Hall–Kier alpha value is -0.250. The number of hydrogen-bond acceptors (Lipinski definition) is 2. The van der Waals surface area contributed by atoms with E-state index in [-0.39, 0.29) is 0 Å². The molecular weight excluding hydrogens is 270 g/mol. The molecule has 0 saturated carbocycles. The molecule has 0 aromatic heterocycles. The molecule has 0 spiro atoms. The largest absolute Gasteiger partial charge is 0.312 e. The molecule has 3 heteroatoms. The molecule has 1 unspecified atom stereocenters. The zero-order valence-corrected chi connectivity index (χ0v) is 11.3. The van der Waals surface area contributed by atoms with Crippen LogP contribution in [-0.2, 0) is 0 Å². The minimum atomic E-state index is 0.575. The van der Waals surface area contributed by atoms with Crippen molar-refractivity contribution in [2.45, 2.75) is 17.1 Å². The molecule has 1 rings (SSSR count). The fraction of sp³-hybridized carbons (Fsp3) is 0.333. The third-order valence-corrected chi connectivity index (χ3v) is 3.51. The second-order valence-corrected chi connectivity index (χ2v) is 5.76. The van der Waals surface area contributed by atoms with Crippen LogP contribution in [0.25, 0.3) is 0 Å². The number of nitrogens with one attached hydrogen (secondary N) is 1. The number of halogens is 1. The van der Waals surface area contributed by atoms with Crippen molar-refractivity contribution >= 4 is 27.7 Å². The van der Waals surface area contributed by atoms with Crippen LogP contribution >= 0.6 is 27.7 Å². The van der Waals surface area contributed by atoms with Gasteiger partial charge in [-0.3, -0.25) is 0 Å². The molecule has 1 atom stereocenters. The van der Waals surface area contributed by atoms with Crippen LogP contribution < -0.4 is 5.32 Å². The zero-order valence-electron chi connectivity index (χ0n) is 8.87. The molecule has 0 saturated heterocycles. The summed E-state index contributed by atoms with van der Waals surface area (Å²) in [5.41, 5.74) is 0. The summed E-state index contributed by atoms with van der Waals surface area (Å²) < 4.78 is 1.13. The van der Waals surface area contributed by atoms with Crippen molar-refractivity contribution in [3.05, 3.63) is 41.4 Å². The molecule has 82 valence electrons. The highest BCUT2D eigenvalue weighted by Gasteiger charge is 2.02. The molecule has 0 aliphatic carbocycles. The minimum Gasteiger partial charge on any atom is -0.312 e. The molecule has 0 aliphatic heterocycles. The smallest absolute Gasteiger partial charge is 0.0191 e. The topological polar surface area (TPSA) is 12.0 Å². The summed E-state index contributed by atoms with van der Waals surface area (Å²) in [6.45, 7) is 7.79. The minimum absolute atomic E-state index is 0.575. The fourth-order valence-electron chi connectivity index (χ4n) is 1.18. The number of benzene rings is 1. The van der Waals surface area contributed by atoms with E-state index in [1.807, 2.05) is 17.8 Å². The lowest BCUT2D eigenvalue weighted by Gasteiger charge is -2.11. The Balaban J connectivity index is 2.34. The van der Waals surface area contributed by atoms with E-state index in [1.165, 1.54) is 4.90 Å². The molecule has 0 aliphatic rings. The first kappa shape index (κ1) is 12.8. The Morgan fingerprint density at radius 2 is 2.13 bits per heavy atom. The van der Waals surface area contributed by atoms with Gasteiger partial charge in [-0.2, -0.15) is 0 Å². The Kier molecular flexibility index (Phi) is 6.06. The summed E-state index contributed by atoms with van der Waals surface area (Å²) in [5.74, 6) is 0. The van der Waals surface area contributed by atoms with E-state index in [0.717, 1.165) is 17.6 Å². The van der Waals surface area contributed by atoms with E-state index in [1.54, 1.807) is 0 Å². The average molecular weight is 286 g/mol. The van der Waals surface area contributed by atoms with Crippen molar-refractivity contribution in [3.8, 4) is 0 Å². The van der Waals surface area contributed by atoms with Gasteiger partial charge in [-0.05, 0) is 24.3 Å². The van der Waals surface area contributed by atoms with E-state index in [2.05, 4.69) is 59.0 Å². The normalized spacial score (nSPS) is 12.4. The van der Waals surface area contributed by atoms with Gasteiger partial charge in [0.05, 0.1) is 0 Å². The maximum Gasteiger partial charge on any atom is 0.0191 e. The average Bonchev–Trinajstić information content (AvgIpc) is 2.22. The van der Waals surface area contributed by atoms with Crippen molar-refractivity contribution in [2.24, 2.45) is 0 Å². The van der Waals surface area contributed by atoms with Gasteiger partial charge in [0.1, 0.15) is 0 Å². The van der Waals surface area contributed by atoms with Crippen LogP contribution in [0, 0.1) is 0 Å². The summed E-state index contributed by atoms with van der Waals surface area (Å²) in [7, 11) is 0. The summed E-state index contributed by atoms with van der Waals surface area (Å²) in [4.78, 5) is 1.31. The van der Waals surface area contributed by atoms with Crippen molar-refractivity contribution in [1.29, 1.82) is 0 Å². The van der Waals surface area contributed by atoms with E-state index < -0.39 is 0 Å². The van der Waals surface area contributed by atoms with Crippen molar-refractivity contribution in [2.75, 3.05) is 13.1 Å². The van der Waals surface area contributed by atoms with Gasteiger partial charge in [-0.15, -0.1) is 18.3 Å². The van der Waals surface area contributed by atoms with Gasteiger partial charge in [0.15, 0.2) is 0 Å². The molecule has 15 heavy (non-hydrogen) atoms. The van der Waals surface area contributed by atoms with E-state index in [9.17, 15) is 0 Å². The lowest BCUT2D eigenvalue weighted by molar-refractivity contribution is 0.740. The third kappa shape index (κ3) is 5.40. The van der Waals surface area contributed by atoms with Gasteiger partial charge < -0.3 is 5.32 Å². The second kappa shape index (κ2) is 7.09. The van der Waals surface area contributed by atoms with Gasteiger partial charge in [0.25, 0.3) is 0 Å². The van der Waals surface area contributed by atoms with Gasteiger partial charge in [-0.1, -0.05) is 28.9 Å². The standard InChI is InChI=1S/C12H16BrNS/c1-3-8-14-9-10(2)15-12-6-4-11(13)5-7-12/h3-7,10,14H,1,8-9H2,2H3. The first-order valence-corrected chi connectivity index (χ1v) is 6.63. The van der Waals surface area contributed by atoms with Crippen LogP contribution in [-0.4, -0.2) is 18.3 Å². The molecule has 1 nitrogen and oxygen atoms in total. The monoisotopic (exact) mass is 285 g/mol. The number of hydrogen-bond donors (Lipinski definition) is 1. The van der Waals surface area contributed by atoms with Crippen LogP contribution in [0.3, 0.4) is 0 Å². The molecule has 1 aromatic rings. The second-order valence-electron chi connectivity index (χ2n) is 3.33.